The van der Waals surface area contributed by atoms with Crippen molar-refractivity contribution in [2.24, 2.45) is 0 Å². The number of aryl methyl sites for hydroxylation is 1. The largest absolute Gasteiger partial charge is 0.467 e. The number of piperidine rings is 1. The number of nitrogens with zero attached hydrogens (tertiary/aromatic N) is 2. The van der Waals surface area contributed by atoms with Crippen LogP contribution in [-0.4, -0.2) is 41.6 Å². The van der Waals surface area contributed by atoms with E-state index in [1.807, 2.05) is 0 Å². The number of esters is 1. The van der Waals surface area contributed by atoms with Gasteiger partial charge in [0.1, 0.15) is 6.04 Å². The van der Waals surface area contributed by atoms with E-state index in [1.165, 1.54) is 18.2 Å². The van der Waals surface area contributed by atoms with Gasteiger partial charge in [0.2, 0.25) is 5.76 Å². The monoisotopic (exact) mass is 252 g/mol. The highest BCUT2D eigenvalue weighted by atomic mass is 16.5. The lowest BCUT2D eigenvalue weighted by atomic mass is 10.0. The van der Waals surface area contributed by atoms with Crippen LogP contribution in [0, 0.1) is 6.92 Å². The maximum absolute atomic E-state index is 12.3. The lowest BCUT2D eigenvalue weighted by Crippen LogP contribution is -2.48. The van der Waals surface area contributed by atoms with Crippen molar-refractivity contribution in [2.75, 3.05) is 13.7 Å². The number of rotatable bonds is 2. The Balaban J connectivity index is 2.21. The maximum Gasteiger partial charge on any atom is 0.328 e. The second kappa shape index (κ2) is 5.20. The third-order valence-electron chi connectivity index (χ3n) is 3.18. The van der Waals surface area contributed by atoms with Crippen LogP contribution >= 0.6 is 0 Å². The molecule has 1 amide bonds. The molecule has 18 heavy (non-hydrogen) atoms. The van der Waals surface area contributed by atoms with E-state index in [0.29, 0.717) is 18.5 Å². The predicted octanol–water partition coefficient (Wildman–Crippen LogP) is 1.15. The molecule has 2 heterocycles. The number of likely N-dealkylation sites (tertiary alicyclic amines) is 1. The molecular weight excluding hydrogens is 236 g/mol. The number of amides is 1. The first-order chi connectivity index (χ1) is 8.65. The summed E-state index contributed by atoms with van der Waals surface area (Å²) in [7, 11) is 1.33. The van der Waals surface area contributed by atoms with Crippen LogP contribution in [0.5, 0.6) is 0 Å². The van der Waals surface area contributed by atoms with E-state index in [1.54, 1.807) is 6.92 Å². The number of carbonyl (C=O) groups is 2. The second-order valence-corrected chi connectivity index (χ2v) is 4.37. The Kier molecular flexibility index (Phi) is 3.64. The van der Waals surface area contributed by atoms with E-state index in [-0.39, 0.29) is 17.6 Å². The molecule has 98 valence electrons. The quantitative estimate of drug-likeness (QED) is 0.738. The molecule has 1 aromatic heterocycles. The molecule has 1 aliphatic rings. The van der Waals surface area contributed by atoms with E-state index < -0.39 is 6.04 Å². The Hall–Kier alpha value is -1.85. The average molecular weight is 252 g/mol. The van der Waals surface area contributed by atoms with Crippen LogP contribution in [0.1, 0.15) is 35.4 Å². The fraction of sp³-hybridized carbons (Fsp3) is 0.583. The summed E-state index contributed by atoms with van der Waals surface area (Å²) in [6.45, 7) is 2.29. The van der Waals surface area contributed by atoms with Crippen LogP contribution in [0.2, 0.25) is 0 Å². The first-order valence-electron chi connectivity index (χ1n) is 5.95. The minimum Gasteiger partial charge on any atom is -0.467 e. The molecule has 0 bridgehead atoms. The molecule has 1 unspecified atom stereocenters. The molecule has 0 aromatic carbocycles. The molecule has 0 aliphatic carbocycles. The highest BCUT2D eigenvalue weighted by Gasteiger charge is 2.35. The van der Waals surface area contributed by atoms with Gasteiger partial charge in [-0.15, -0.1) is 0 Å². The van der Waals surface area contributed by atoms with E-state index >= 15 is 0 Å². The van der Waals surface area contributed by atoms with Gasteiger partial charge in [-0.3, -0.25) is 4.79 Å². The van der Waals surface area contributed by atoms with Crippen LogP contribution in [0.3, 0.4) is 0 Å². The Morgan fingerprint density at radius 2 is 2.28 bits per heavy atom. The number of hydrogen-bond donors (Lipinski definition) is 0. The van der Waals surface area contributed by atoms with Crippen molar-refractivity contribution in [3.05, 3.63) is 17.5 Å². The minimum atomic E-state index is -0.513. The molecule has 0 N–H and O–H groups in total. The minimum absolute atomic E-state index is 0.200. The average Bonchev–Trinajstić information content (AvgIpc) is 2.83. The third-order valence-corrected chi connectivity index (χ3v) is 3.18. The number of carbonyl (C=O) groups excluding carboxylic acids is 2. The SMILES string of the molecule is COC(=O)C1CCCCN1C(=O)c1oncc1C. The molecule has 0 radical (unpaired) electrons. The van der Waals surface area contributed by atoms with E-state index in [9.17, 15) is 9.59 Å². The normalized spacial score (nSPS) is 19.7. The van der Waals surface area contributed by atoms with Gasteiger partial charge in [-0.25, -0.2) is 4.79 Å². The standard InChI is InChI=1S/C12H16N2O4/c1-8-7-13-18-10(8)11(15)14-6-4-3-5-9(14)12(16)17-2/h7,9H,3-6H2,1-2H3. The Labute approximate surface area is 105 Å². The summed E-state index contributed by atoms with van der Waals surface area (Å²) in [5.74, 6) is -0.467. The van der Waals surface area contributed by atoms with Crippen molar-refractivity contribution in [3.8, 4) is 0 Å². The Bertz CT molecular complexity index is 455. The zero-order chi connectivity index (χ0) is 13.1. The Morgan fingerprint density at radius 1 is 1.50 bits per heavy atom. The van der Waals surface area contributed by atoms with Gasteiger partial charge in [-0.2, -0.15) is 0 Å². The topological polar surface area (TPSA) is 72.6 Å². The number of methoxy groups -OCH3 is 1. The summed E-state index contributed by atoms with van der Waals surface area (Å²) < 4.78 is 9.69. The van der Waals surface area contributed by atoms with Crippen LogP contribution in [-0.2, 0) is 9.53 Å². The zero-order valence-corrected chi connectivity index (χ0v) is 10.5. The van der Waals surface area contributed by atoms with Gasteiger partial charge in [0.15, 0.2) is 0 Å². The van der Waals surface area contributed by atoms with Gasteiger partial charge in [0, 0.05) is 12.1 Å². The summed E-state index contributed by atoms with van der Waals surface area (Å²) in [5, 5.41) is 3.59. The molecule has 1 fully saturated rings. The highest BCUT2D eigenvalue weighted by Crippen LogP contribution is 2.21. The second-order valence-electron chi connectivity index (χ2n) is 4.37. The van der Waals surface area contributed by atoms with Crippen molar-refractivity contribution < 1.29 is 18.8 Å². The summed E-state index contributed by atoms with van der Waals surface area (Å²) in [4.78, 5) is 25.5. The molecule has 1 atom stereocenters. The van der Waals surface area contributed by atoms with Crippen molar-refractivity contribution in [2.45, 2.75) is 32.2 Å². The van der Waals surface area contributed by atoms with E-state index in [0.717, 1.165) is 12.8 Å². The first kappa shape index (κ1) is 12.6. The first-order valence-corrected chi connectivity index (χ1v) is 5.95. The zero-order valence-electron chi connectivity index (χ0n) is 10.5. The van der Waals surface area contributed by atoms with Crippen molar-refractivity contribution >= 4 is 11.9 Å². The van der Waals surface area contributed by atoms with Gasteiger partial charge in [-0.05, 0) is 26.2 Å². The van der Waals surface area contributed by atoms with Gasteiger partial charge >= 0.3 is 5.97 Å². The number of ether oxygens (including phenoxy) is 1. The lowest BCUT2D eigenvalue weighted by Gasteiger charge is -2.33. The molecule has 0 saturated carbocycles. The highest BCUT2D eigenvalue weighted by molar-refractivity contribution is 5.95. The van der Waals surface area contributed by atoms with Gasteiger partial charge in [0.25, 0.3) is 5.91 Å². The van der Waals surface area contributed by atoms with Crippen LogP contribution < -0.4 is 0 Å². The number of aromatic nitrogens is 1. The van der Waals surface area contributed by atoms with Crippen LogP contribution in [0.15, 0.2) is 10.7 Å². The molecular formula is C12H16N2O4. The van der Waals surface area contributed by atoms with Crippen molar-refractivity contribution in [1.29, 1.82) is 0 Å². The molecule has 1 aliphatic heterocycles. The fourth-order valence-electron chi connectivity index (χ4n) is 2.18. The predicted molar refractivity (Wildman–Crippen MR) is 61.9 cm³/mol. The van der Waals surface area contributed by atoms with Gasteiger partial charge in [0.05, 0.1) is 13.3 Å². The summed E-state index contributed by atoms with van der Waals surface area (Å²) in [6.07, 6.45) is 3.92. The molecule has 6 nitrogen and oxygen atoms in total. The molecule has 0 spiro atoms. The lowest BCUT2D eigenvalue weighted by molar-refractivity contribution is -0.147. The fourth-order valence-corrected chi connectivity index (χ4v) is 2.18. The van der Waals surface area contributed by atoms with Crippen molar-refractivity contribution in [1.82, 2.24) is 10.1 Å². The molecule has 6 heteroatoms. The maximum atomic E-state index is 12.3. The summed E-state index contributed by atoms with van der Waals surface area (Å²) in [6, 6.07) is -0.513. The smallest absolute Gasteiger partial charge is 0.328 e. The van der Waals surface area contributed by atoms with E-state index in [4.69, 9.17) is 9.26 Å². The van der Waals surface area contributed by atoms with Crippen molar-refractivity contribution in [3.63, 3.8) is 0 Å². The molecule has 1 saturated heterocycles. The molecule has 2 rings (SSSR count). The van der Waals surface area contributed by atoms with Crippen LogP contribution in [0.4, 0.5) is 0 Å². The van der Waals surface area contributed by atoms with Gasteiger partial charge in [-0.1, -0.05) is 5.16 Å². The summed E-state index contributed by atoms with van der Waals surface area (Å²) in [5.41, 5.74) is 0.675. The van der Waals surface area contributed by atoms with E-state index in [2.05, 4.69) is 5.16 Å². The number of hydrogen-bond acceptors (Lipinski definition) is 5. The van der Waals surface area contributed by atoms with Crippen LogP contribution in [0.25, 0.3) is 0 Å². The summed E-state index contributed by atoms with van der Waals surface area (Å²) >= 11 is 0. The Morgan fingerprint density at radius 3 is 2.89 bits per heavy atom. The third kappa shape index (κ3) is 2.23. The molecule has 1 aromatic rings. The van der Waals surface area contributed by atoms with Gasteiger partial charge < -0.3 is 14.2 Å².